The van der Waals surface area contributed by atoms with E-state index in [1.807, 2.05) is 0 Å². The van der Waals surface area contributed by atoms with Crippen LogP contribution in [0.15, 0.2) is 48.5 Å². The van der Waals surface area contributed by atoms with Gasteiger partial charge in [-0.05, 0) is 23.3 Å². The molecule has 0 saturated heterocycles. The molecule has 2 rings (SSSR count). The molecule has 0 saturated carbocycles. The molecule has 0 aromatic heterocycles. The number of phenolic OH excluding ortho intramolecular Hbond substituents is 1. The summed E-state index contributed by atoms with van der Waals surface area (Å²) in [7, 11) is 0. The number of aromatic hydroxyl groups is 1. The van der Waals surface area contributed by atoms with Gasteiger partial charge in [0, 0.05) is 0 Å². The average Bonchev–Trinajstić information content (AvgIpc) is 2.46. The zero-order chi connectivity index (χ0) is 13.8. The Morgan fingerprint density at radius 1 is 1.05 bits per heavy atom. The number of benzene rings is 2. The van der Waals surface area contributed by atoms with Crippen molar-refractivity contribution in [3.8, 4) is 5.75 Å². The summed E-state index contributed by atoms with van der Waals surface area (Å²) < 4.78 is 0. The Balaban J connectivity index is 2.37. The third-order valence-corrected chi connectivity index (χ3v) is 2.94. The zero-order valence-corrected chi connectivity index (χ0v) is 10.2. The largest absolute Gasteiger partial charge is 0.507 e. The van der Waals surface area contributed by atoms with Crippen LogP contribution in [0.4, 0.5) is 0 Å². The first kappa shape index (κ1) is 13.3. The number of carbonyl (C=O) groups is 1. The minimum Gasteiger partial charge on any atom is -0.507 e. The van der Waals surface area contributed by atoms with E-state index in [4.69, 9.17) is 0 Å². The van der Waals surface area contributed by atoms with Crippen molar-refractivity contribution in [2.24, 2.45) is 0 Å². The Bertz CT molecular complexity index is 592. The number of ketones is 1. The molecule has 0 aliphatic rings. The minimum atomic E-state index is -1.41. The first-order valence-corrected chi connectivity index (χ1v) is 5.84. The Morgan fingerprint density at radius 2 is 1.68 bits per heavy atom. The highest BCUT2D eigenvalue weighted by molar-refractivity contribution is 6.02. The molecule has 1 atom stereocenters. The van der Waals surface area contributed by atoms with Gasteiger partial charge in [-0.2, -0.15) is 0 Å². The van der Waals surface area contributed by atoms with E-state index in [2.05, 4.69) is 0 Å². The number of rotatable bonds is 4. The van der Waals surface area contributed by atoms with E-state index in [0.29, 0.717) is 11.1 Å². The molecule has 19 heavy (non-hydrogen) atoms. The van der Waals surface area contributed by atoms with Crippen LogP contribution in [0.3, 0.4) is 0 Å². The van der Waals surface area contributed by atoms with Gasteiger partial charge in [0.05, 0.1) is 12.2 Å². The van der Waals surface area contributed by atoms with Crippen LogP contribution in [0, 0.1) is 0 Å². The van der Waals surface area contributed by atoms with E-state index in [1.165, 1.54) is 12.1 Å². The Labute approximate surface area is 110 Å². The second kappa shape index (κ2) is 5.65. The average molecular weight is 258 g/mol. The van der Waals surface area contributed by atoms with Gasteiger partial charge in [-0.25, -0.2) is 0 Å². The quantitative estimate of drug-likeness (QED) is 0.731. The number of aliphatic hydroxyl groups is 2. The molecular weight excluding hydrogens is 244 g/mol. The fraction of sp³-hybridized carbons (Fsp3) is 0.133. The highest BCUT2D eigenvalue weighted by Crippen LogP contribution is 2.26. The van der Waals surface area contributed by atoms with Crippen LogP contribution in [-0.4, -0.2) is 21.1 Å². The van der Waals surface area contributed by atoms with Gasteiger partial charge in [-0.15, -0.1) is 0 Å². The third-order valence-electron chi connectivity index (χ3n) is 2.94. The molecule has 4 heteroatoms. The number of para-hydroxylation sites is 1. The molecule has 0 radical (unpaired) electrons. The number of aliphatic hydroxyl groups excluding tert-OH is 2. The highest BCUT2D eigenvalue weighted by atomic mass is 16.3. The summed E-state index contributed by atoms with van der Waals surface area (Å²) in [5, 5.41) is 28.9. The van der Waals surface area contributed by atoms with Crippen LogP contribution >= 0.6 is 0 Å². The molecular formula is C15H14O4. The van der Waals surface area contributed by atoms with E-state index in [9.17, 15) is 20.1 Å². The van der Waals surface area contributed by atoms with Crippen molar-refractivity contribution >= 4 is 5.78 Å². The lowest BCUT2D eigenvalue weighted by atomic mass is 9.96. The fourth-order valence-electron chi connectivity index (χ4n) is 1.92. The van der Waals surface area contributed by atoms with E-state index in [1.54, 1.807) is 36.4 Å². The SMILES string of the molecule is O=C(c1ccccc1O)C(O)c1ccccc1CO. The van der Waals surface area contributed by atoms with E-state index in [-0.39, 0.29) is 17.9 Å². The molecule has 1 unspecified atom stereocenters. The molecule has 2 aromatic carbocycles. The predicted molar refractivity (Wildman–Crippen MR) is 69.8 cm³/mol. The van der Waals surface area contributed by atoms with Crippen molar-refractivity contribution in [2.45, 2.75) is 12.7 Å². The summed E-state index contributed by atoms with van der Waals surface area (Å²) in [5.41, 5.74) is 0.889. The van der Waals surface area contributed by atoms with Crippen molar-refractivity contribution in [3.05, 3.63) is 65.2 Å². The molecule has 0 spiro atoms. The number of phenols is 1. The van der Waals surface area contributed by atoms with Gasteiger partial charge in [-0.1, -0.05) is 36.4 Å². The predicted octanol–water partition coefficient (Wildman–Crippen LogP) is 1.80. The van der Waals surface area contributed by atoms with Gasteiger partial charge in [0.15, 0.2) is 5.78 Å². The second-order valence-electron chi connectivity index (χ2n) is 4.14. The fourth-order valence-corrected chi connectivity index (χ4v) is 1.92. The van der Waals surface area contributed by atoms with E-state index >= 15 is 0 Å². The monoisotopic (exact) mass is 258 g/mol. The highest BCUT2D eigenvalue weighted by Gasteiger charge is 2.23. The maximum atomic E-state index is 12.1. The number of hydrogen-bond acceptors (Lipinski definition) is 4. The van der Waals surface area contributed by atoms with Gasteiger partial charge < -0.3 is 15.3 Å². The van der Waals surface area contributed by atoms with Gasteiger partial charge in [-0.3, -0.25) is 4.79 Å². The third kappa shape index (κ3) is 2.65. The maximum absolute atomic E-state index is 12.1. The van der Waals surface area contributed by atoms with Crippen molar-refractivity contribution < 1.29 is 20.1 Å². The summed E-state index contributed by atoms with van der Waals surface area (Å²) in [6.45, 7) is -0.263. The summed E-state index contributed by atoms with van der Waals surface area (Å²) in [6, 6.07) is 12.6. The molecule has 3 N–H and O–H groups in total. The number of carbonyl (C=O) groups excluding carboxylic acids is 1. The molecule has 0 heterocycles. The molecule has 0 fully saturated rings. The standard InChI is InChI=1S/C15H14O4/c16-9-10-5-1-2-6-11(10)14(18)15(19)12-7-3-4-8-13(12)17/h1-8,14,16-18H,9H2. The Kier molecular flexibility index (Phi) is 3.94. The molecule has 98 valence electrons. The smallest absolute Gasteiger partial charge is 0.199 e. The van der Waals surface area contributed by atoms with Crippen LogP contribution < -0.4 is 0 Å². The van der Waals surface area contributed by atoms with Crippen LogP contribution in [0.5, 0.6) is 5.75 Å². The van der Waals surface area contributed by atoms with Crippen molar-refractivity contribution in [1.82, 2.24) is 0 Å². The molecule has 4 nitrogen and oxygen atoms in total. The van der Waals surface area contributed by atoms with Crippen LogP contribution in [0.25, 0.3) is 0 Å². The van der Waals surface area contributed by atoms with Gasteiger partial charge in [0.25, 0.3) is 0 Å². The van der Waals surface area contributed by atoms with E-state index < -0.39 is 11.9 Å². The maximum Gasteiger partial charge on any atom is 0.199 e. The number of Topliss-reactive ketones (excluding diaryl/α,β-unsaturated/α-hetero) is 1. The molecule has 0 amide bonds. The lowest BCUT2D eigenvalue weighted by Gasteiger charge is -2.14. The lowest BCUT2D eigenvalue weighted by molar-refractivity contribution is 0.0740. The first-order chi connectivity index (χ1) is 9.15. The normalized spacial score (nSPS) is 12.1. The van der Waals surface area contributed by atoms with Gasteiger partial charge >= 0.3 is 0 Å². The first-order valence-electron chi connectivity index (χ1n) is 5.84. The zero-order valence-electron chi connectivity index (χ0n) is 10.2. The van der Waals surface area contributed by atoms with Gasteiger partial charge in [0.2, 0.25) is 0 Å². The molecule has 0 bridgehead atoms. The lowest BCUT2D eigenvalue weighted by Crippen LogP contribution is -2.14. The summed E-state index contributed by atoms with van der Waals surface area (Å²) in [5.74, 6) is -0.771. The van der Waals surface area contributed by atoms with Crippen molar-refractivity contribution in [2.75, 3.05) is 0 Å². The van der Waals surface area contributed by atoms with Gasteiger partial charge in [0.1, 0.15) is 11.9 Å². The van der Waals surface area contributed by atoms with E-state index in [0.717, 1.165) is 0 Å². The topological polar surface area (TPSA) is 77.8 Å². The molecule has 2 aromatic rings. The number of hydrogen-bond donors (Lipinski definition) is 3. The Morgan fingerprint density at radius 3 is 2.37 bits per heavy atom. The van der Waals surface area contributed by atoms with Crippen molar-refractivity contribution in [3.63, 3.8) is 0 Å². The van der Waals surface area contributed by atoms with Crippen LogP contribution in [0.2, 0.25) is 0 Å². The summed E-state index contributed by atoms with van der Waals surface area (Å²) >= 11 is 0. The molecule has 0 aliphatic carbocycles. The van der Waals surface area contributed by atoms with Crippen LogP contribution in [-0.2, 0) is 6.61 Å². The molecule has 0 aliphatic heterocycles. The van der Waals surface area contributed by atoms with Crippen molar-refractivity contribution in [1.29, 1.82) is 0 Å². The Hall–Kier alpha value is -2.17. The minimum absolute atomic E-state index is 0.0581. The summed E-state index contributed by atoms with van der Waals surface area (Å²) in [6.07, 6.45) is -1.41. The second-order valence-corrected chi connectivity index (χ2v) is 4.14. The van der Waals surface area contributed by atoms with Crippen LogP contribution in [0.1, 0.15) is 27.6 Å². The summed E-state index contributed by atoms with van der Waals surface area (Å²) in [4.78, 5) is 12.1.